The monoisotopic (exact) mass is 280 g/mol. The summed E-state index contributed by atoms with van der Waals surface area (Å²) in [6, 6.07) is 4.25. The van der Waals surface area contributed by atoms with Crippen molar-refractivity contribution in [3.05, 3.63) is 34.6 Å². The van der Waals surface area contributed by atoms with Gasteiger partial charge in [-0.15, -0.1) is 0 Å². The average molecular weight is 281 g/mol. The Hall–Kier alpha value is -0.690. The van der Waals surface area contributed by atoms with Gasteiger partial charge in [-0.1, -0.05) is 11.6 Å². The summed E-state index contributed by atoms with van der Waals surface area (Å²) in [4.78, 5) is 0. The van der Waals surface area contributed by atoms with Crippen LogP contribution in [0, 0.1) is 5.82 Å². The molecule has 0 unspecified atom stereocenters. The highest BCUT2D eigenvalue weighted by molar-refractivity contribution is 7.89. The SMILES string of the molecule is NS(=O)(=O)CCCNCc1cc(F)cc(Cl)c1. The largest absolute Gasteiger partial charge is 0.313 e. The van der Waals surface area contributed by atoms with Gasteiger partial charge in [-0.25, -0.2) is 17.9 Å². The summed E-state index contributed by atoms with van der Waals surface area (Å²) in [5, 5.41) is 8.17. The van der Waals surface area contributed by atoms with Crippen LogP contribution >= 0.6 is 11.6 Å². The van der Waals surface area contributed by atoms with Gasteiger partial charge in [0.2, 0.25) is 10.0 Å². The molecule has 0 aromatic heterocycles. The fraction of sp³-hybridized carbons (Fsp3) is 0.400. The van der Waals surface area contributed by atoms with E-state index in [2.05, 4.69) is 5.32 Å². The van der Waals surface area contributed by atoms with E-state index in [9.17, 15) is 12.8 Å². The molecule has 96 valence electrons. The van der Waals surface area contributed by atoms with Crippen LogP contribution in [0.1, 0.15) is 12.0 Å². The topological polar surface area (TPSA) is 72.2 Å². The minimum atomic E-state index is -3.40. The molecule has 0 saturated carbocycles. The van der Waals surface area contributed by atoms with Crippen molar-refractivity contribution in [2.75, 3.05) is 12.3 Å². The normalized spacial score (nSPS) is 11.7. The van der Waals surface area contributed by atoms with Crippen molar-refractivity contribution in [2.45, 2.75) is 13.0 Å². The third-order valence-corrected chi connectivity index (χ3v) is 3.11. The van der Waals surface area contributed by atoms with Gasteiger partial charge in [-0.3, -0.25) is 0 Å². The maximum atomic E-state index is 13.0. The van der Waals surface area contributed by atoms with Gasteiger partial charge < -0.3 is 5.32 Å². The lowest BCUT2D eigenvalue weighted by molar-refractivity contribution is 0.590. The molecule has 17 heavy (non-hydrogen) atoms. The zero-order valence-electron chi connectivity index (χ0n) is 9.12. The number of nitrogens with one attached hydrogen (secondary N) is 1. The van der Waals surface area contributed by atoms with Crippen LogP contribution in [-0.2, 0) is 16.6 Å². The van der Waals surface area contributed by atoms with Gasteiger partial charge in [0.05, 0.1) is 5.75 Å². The van der Waals surface area contributed by atoms with Gasteiger partial charge in [0.1, 0.15) is 5.82 Å². The van der Waals surface area contributed by atoms with Crippen molar-refractivity contribution in [1.82, 2.24) is 5.32 Å². The van der Waals surface area contributed by atoms with E-state index in [4.69, 9.17) is 16.7 Å². The van der Waals surface area contributed by atoms with Crippen LogP contribution in [0.15, 0.2) is 18.2 Å². The van der Waals surface area contributed by atoms with Crippen LogP contribution in [0.4, 0.5) is 4.39 Å². The van der Waals surface area contributed by atoms with E-state index in [-0.39, 0.29) is 11.6 Å². The quantitative estimate of drug-likeness (QED) is 0.770. The van der Waals surface area contributed by atoms with Gasteiger partial charge >= 0.3 is 0 Å². The predicted molar refractivity (Wildman–Crippen MR) is 65.7 cm³/mol. The minimum Gasteiger partial charge on any atom is -0.313 e. The molecule has 0 fully saturated rings. The number of primary sulfonamides is 1. The number of hydrogen-bond acceptors (Lipinski definition) is 3. The summed E-state index contributed by atoms with van der Waals surface area (Å²) in [6.07, 6.45) is 0.419. The number of halogens is 2. The molecular formula is C10H14ClFN2O2S. The van der Waals surface area contributed by atoms with E-state index < -0.39 is 10.0 Å². The Morgan fingerprint density at radius 3 is 2.65 bits per heavy atom. The molecular weight excluding hydrogens is 267 g/mol. The Kier molecular flexibility index (Phi) is 5.32. The van der Waals surface area contributed by atoms with Crippen LogP contribution < -0.4 is 10.5 Å². The fourth-order valence-electron chi connectivity index (χ4n) is 1.34. The molecule has 0 bridgehead atoms. The van der Waals surface area contributed by atoms with Gasteiger partial charge in [0.15, 0.2) is 0 Å². The van der Waals surface area contributed by atoms with Crippen LogP contribution in [0.25, 0.3) is 0 Å². The molecule has 7 heteroatoms. The Morgan fingerprint density at radius 1 is 1.35 bits per heavy atom. The molecule has 0 aliphatic rings. The molecule has 0 spiro atoms. The lowest BCUT2D eigenvalue weighted by Crippen LogP contribution is -2.22. The Morgan fingerprint density at radius 2 is 2.06 bits per heavy atom. The molecule has 1 rings (SSSR count). The van der Waals surface area contributed by atoms with Crippen molar-refractivity contribution >= 4 is 21.6 Å². The number of rotatable bonds is 6. The molecule has 1 aromatic rings. The second kappa shape index (κ2) is 6.30. The smallest absolute Gasteiger partial charge is 0.209 e. The number of nitrogens with two attached hydrogens (primary N) is 1. The first-order chi connectivity index (χ1) is 7.87. The molecule has 0 amide bonds. The van der Waals surface area contributed by atoms with Gasteiger partial charge in [-0.05, 0) is 36.7 Å². The van der Waals surface area contributed by atoms with Crippen molar-refractivity contribution in [3.8, 4) is 0 Å². The Bertz CT molecular complexity index is 459. The highest BCUT2D eigenvalue weighted by Gasteiger charge is 2.02. The molecule has 0 aliphatic heterocycles. The first kappa shape index (κ1) is 14.4. The van der Waals surface area contributed by atoms with E-state index in [0.717, 1.165) is 0 Å². The standard InChI is InChI=1S/C10H14ClFN2O2S/c11-9-4-8(5-10(12)6-9)7-14-2-1-3-17(13,15)16/h4-6,14H,1-3,7H2,(H2,13,15,16). The number of benzene rings is 1. The van der Waals surface area contributed by atoms with E-state index >= 15 is 0 Å². The highest BCUT2D eigenvalue weighted by atomic mass is 35.5. The third kappa shape index (κ3) is 6.58. The van der Waals surface area contributed by atoms with Crippen molar-refractivity contribution in [2.24, 2.45) is 5.14 Å². The van der Waals surface area contributed by atoms with Gasteiger partial charge in [-0.2, -0.15) is 0 Å². The highest BCUT2D eigenvalue weighted by Crippen LogP contribution is 2.13. The van der Waals surface area contributed by atoms with E-state index in [1.807, 2.05) is 0 Å². The van der Waals surface area contributed by atoms with E-state index in [1.54, 1.807) is 6.07 Å². The van der Waals surface area contributed by atoms with Crippen molar-refractivity contribution in [1.29, 1.82) is 0 Å². The second-order valence-corrected chi connectivity index (χ2v) is 5.85. The van der Waals surface area contributed by atoms with Crippen molar-refractivity contribution < 1.29 is 12.8 Å². The lowest BCUT2D eigenvalue weighted by atomic mass is 10.2. The van der Waals surface area contributed by atoms with Gasteiger partial charge in [0, 0.05) is 11.6 Å². The first-order valence-electron chi connectivity index (χ1n) is 5.03. The second-order valence-electron chi connectivity index (χ2n) is 3.68. The summed E-state index contributed by atoms with van der Waals surface area (Å²) in [7, 11) is -3.40. The third-order valence-electron chi connectivity index (χ3n) is 2.03. The van der Waals surface area contributed by atoms with E-state index in [1.165, 1.54) is 12.1 Å². The van der Waals surface area contributed by atoms with Crippen LogP contribution in [0.3, 0.4) is 0 Å². The van der Waals surface area contributed by atoms with Crippen LogP contribution in [0.2, 0.25) is 5.02 Å². The summed E-state index contributed by atoms with van der Waals surface area (Å²) in [5.41, 5.74) is 0.714. The van der Waals surface area contributed by atoms with Crippen molar-refractivity contribution in [3.63, 3.8) is 0 Å². The lowest BCUT2D eigenvalue weighted by Gasteiger charge is -2.05. The number of hydrogen-bond donors (Lipinski definition) is 2. The van der Waals surface area contributed by atoms with Crippen LogP contribution in [-0.4, -0.2) is 20.7 Å². The summed E-state index contributed by atoms with van der Waals surface area (Å²) in [5.74, 6) is -0.456. The molecule has 3 N–H and O–H groups in total. The Balaban J connectivity index is 2.31. The predicted octanol–water partition coefficient (Wildman–Crippen LogP) is 1.25. The molecule has 0 atom stereocenters. The molecule has 4 nitrogen and oxygen atoms in total. The van der Waals surface area contributed by atoms with E-state index in [0.29, 0.717) is 30.1 Å². The molecule has 0 aliphatic carbocycles. The molecule has 0 saturated heterocycles. The zero-order chi connectivity index (χ0) is 12.9. The zero-order valence-corrected chi connectivity index (χ0v) is 10.7. The average Bonchev–Trinajstić information content (AvgIpc) is 2.13. The summed E-state index contributed by atoms with van der Waals surface area (Å²) >= 11 is 5.69. The minimum absolute atomic E-state index is 0.0656. The number of sulfonamides is 1. The fourth-order valence-corrected chi connectivity index (χ4v) is 2.14. The van der Waals surface area contributed by atoms with Gasteiger partial charge in [0.25, 0.3) is 0 Å². The maximum Gasteiger partial charge on any atom is 0.209 e. The summed E-state index contributed by atoms with van der Waals surface area (Å²) in [6.45, 7) is 0.923. The van der Waals surface area contributed by atoms with Crippen LogP contribution in [0.5, 0.6) is 0 Å². The Labute approximate surface area is 105 Å². The first-order valence-corrected chi connectivity index (χ1v) is 7.12. The molecule has 1 aromatic carbocycles. The summed E-state index contributed by atoms with van der Waals surface area (Å²) < 4.78 is 34.2. The maximum absolute atomic E-state index is 13.0. The molecule has 0 radical (unpaired) electrons. The molecule has 0 heterocycles.